The molecule has 0 heterocycles. The summed E-state index contributed by atoms with van der Waals surface area (Å²) in [5.41, 5.74) is 0. The molecule has 0 atom stereocenters. The van der Waals surface area contributed by atoms with Crippen molar-refractivity contribution in [2.75, 3.05) is 0 Å². The molecule has 0 aliphatic heterocycles. The molecule has 0 N–H and O–H groups in total. The van der Waals surface area contributed by atoms with Crippen molar-refractivity contribution < 1.29 is 28.9 Å². The minimum atomic E-state index is -2.27. The van der Waals surface area contributed by atoms with Gasteiger partial charge in [0.05, 0.1) is 0 Å². The monoisotopic (exact) mass is 158 g/mol. The Kier molecular flexibility index (Phi) is 20.4. The van der Waals surface area contributed by atoms with Gasteiger partial charge < -0.3 is 0 Å². The first-order chi connectivity index (χ1) is 1.41. The minimum absolute atomic E-state index is 0. The van der Waals surface area contributed by atoms with Crippen molar-refractivity contribution in [1.29, 1.82) is 0 Å². The second-order valence-corrected chi connectivity index (χ2v) is 0.493. The van der Waals surface area contributed by atoms with Crippen LogP contribution in [0.25, 0.3) is 0 Å². The molecule has 0 radical (unpaired) electrons. The van der Waals surface area contributed by atoms with Gasteiger partial charge in [-0.3, -0.25) is 0 Å². The zero-order chi connectivity index (χ0) is 2.71. The van der Waals surface area contributed by atoms with E-state index in [0.717, 1.165) is 0 Å². The van der Waals surface area contributed by atoms with E-state index in [0.29, 0.717) is 0 Å². The van der Waals surface area contributed by atoms with E-state index in [-0.39, 0.29) is 12.4 Å². The van der Waals surface area contributed by atoms with Crippen LogP contribution >= 0.6 is 12.4 Å². The van der Waals surface area contributed by atoms with Gasteiger partial charge in [0, 0.05) is 0 Å². The molecule has 4 heteroatoms. The quantitative estimate of drug-likeness (QED) is 0.506. The molecule has 2 nitrogen and oxygen atoms in total. The predicted molar refractivity (Wildman–Crippen MR) is 8.62 cm³/mol. The van der Waals surface area contributed by atoms with Crippen molar-refractivity contribution in [3.63, 3.8) is 0 Å². The summed E-state index contributed by atoms with van der Waals surface area (Å²) < 4.78 is 17.1. The summed E-state index contributed by atoms with van der Waals surface area (Å²) in [5, 5.41) is 0. The van der Waals surface area contributed by atoms with Crippen LogP contribution in [0.2, 0.25) is 0 Å². The van der Waals surface area contributed by atoms with Gasteiger partial charge in [0.25, 0.3) is 0 Å². The van der Waals surface area contributed by atoms with Crippen LogP contribution in [0.1, 0.15) is 0 Å². The third-order valence-electron chi connectivity index (χ3n) is 0. The molecule has 0 aliphatic carbocycles. The van der Waals surface area contributed by atoms with Crippen molar-refractivity contribution in [2.45, 2.75) is 0 Å². The van der Waals surface area contributed by atoms with E-state index in [9.17, 15) is 0 Å². The molecule has 0 amide bonds. The molecule has 0 aromatic heterocycles. The molecule has 0 spiro atoms. The van der Waals surface area contributed by atoms with Gasteiger partial charge in [-0.15, -0.1) is 12.4 Å². The number of hydrogen-bond acceptors (Lipinski definition) is 2. The van der Waals surface area contributed by atoms with Crippen LogP contribution in [0, 0.1) is 0 Å². The van der Waals surface area contributed by atoms with Crippen molar-refractivity contribution >= 4 is 12.4 Å². The Balaban J connectivity index is 0. The molecule has 0 saturated carbocycles. The normalized spacial score (nSPS) is 2.00. The number of hydrogen-bond donors (Lipinski definition) is 0. The summed E-state index contributed by atoms with van der Waals surface area (Å²) in [7, 11) is 0. The molecule has 4 heavy (non-hydrogen) atoms. The Bertz CT molecular complexity index is 27.0. The van der Waals surface area contributed by atoms with Crippen molar-refractivity contribution in [1.82, 2.24) is 0 Å². The SMILES string of the molecule is Cl.[O]=[Zr]=[O]. The fourth-order valence-electron chi connectivity index (χ4n) is 0. The molecule has 0 unspecified atom stereocenters. The maximum absolute atomic E-state index is 8.54. The number of halogens is 1. The van der Waals surface area contributed by atoms with Crippen LogP contribution in [0.5, 0.6) is 0 Å². The number of rotatable bonds is 0. The molecule has 0 bridgehead atoms. The second kappa shape index (κ2) is 9.23. The van der Waals surface area contributed by atoms with Crippen LogP contribution in [-0.4, -0.2) is 0 Å². The fraction of sp³-hybridized carbons (Fsp3) is 0. The third kappa shape index (κ3) is 14.6. The van der Waals surface area contributed by atoms with E-state index in [2.05, 4.69) is 0 Å². The van der Waals surface area contributed by atoms with E-state index in [1.807, 2.05) is 0 Å². The first-order valence-corrected chi connectivity index (χ1v) is 2.42. The van der Waals surface area contributed by atoms with Gasteiger partial charge in [0.1, 0.15) is 0 Å². The Labute approximate surface area is 41.4 Å². The van der Waals surface area contributed by atoms with Gasteiger partial charge in [-0.05, 0) is 0 Å². The first kappa shape index (κ1) is 8.84. The average Bonchev–Trinajstić information content (AvgIpc) is 0.918. The van der Waals surface area contributed by atoms with Gasteiger partial charge in [0.15, 0.2) is 0 Å². The van der Waals surface area contributed by atoms with Gasteiger partial charge in [-0.25, -0.2) is 0 Å². The molecular formula is HClO2Zr. The summed E-state index contributed by atoms with van der Waals surface area (Å²) >= 11 is -2.27. The predicted octanol–water partition coefficient (Wildman–Crippen LogP) is 0.182. The van der Waals surface area contributed by atoms with Crippen molar-refractivity contribution in [3.8, 4) is 0 Å². The summed E-state index contributed by atoms with van der Waals surface area (Å²) in [5.74, 6) is 0. The Hall–Kier alpha value is 0.773. The van der Waals surface area contributed by atoms with Gasteiger partial charge in [-0.1, -0.05) is 0 Å². The Morgan fingerprint density at radius 2 is 1.25 bits per heavy atom. The molecular weight excluding hydrogens is 159 g/mol. The van der Waals surface area contributed by atoms with Crippen LogP contribution < -0.4 is 0 Å². The van der Waals surface area contributed by atoms with Crippen LogP contribution in [0.15, 0.2) is 0 Å². The molecule has 0 saturated heterocycles. The summed E-state index contributed by atoms with van der Waals surface area (Å²) in [6.07, 6.45) is 0. The van der Waals surface area contributed by atoms with E-state index in [1.54, 1.807) is 0 Å². The zero-order valence-corrected chi connectivity index (χ0v) is 5.00. The van der Waals surface area contributed by atoms with Gasteiger partial charge in [-0.2, -0.15) is 0 Å². The van der Waals surface area contributed by atoms with Crippen molar-refractivity contribution in [3.05, 3.63) is 0 Å². The Morgan fingerprint density at radius 1 is 1.25 bits per heavy atom. The van der Waals surface area contributed by atoms with Gasteiger partial charge >= 0.3 is 28.9 Å². The van der Waals surface area contributed by atoms with Crippen LogP contribution in [0.3, 0.4) is 0 Å². The summed E-state index contributed by atoms with van der Waals surface area (Å²) in [6, 6.07) is 0. The standard InChI is InChI=1S/ClH.2O.Zr/h1H;;;. The molecule has 0 rings (SSSR count). The first-order valence-electron chi connectivity index (χ1n) is 0.408. The van der Waals surface area contributed by atoms with Crippen molar-refractivity contribution in [2.24, 2.45) is 0 Å². The molecule has 0 aliphatic rings. The molecule has 0 aromatic carbocycles. The van der Waals surface area contributed by atoms with E-state index in [1.165, 1.54) is 0 Å². The molecule has 0 aromatic rings. The van der Waals surface area contributed by atoms with Crippen LogP contribution in [-0.2, 0) is 28.9 Å². The maximum atomic E-state index is 8.54. The Morgan fingerprint density at radius 3 is 1.25 bits per heavy atom. The molecule has 0 fully saturated rings. The summed E-state index contributed by atoms with van der Waals surface area (Å²) in [4.78, 5) is 0. The topological polar surface area (TPSA) is 34.1 Å². The van der Waals surface area contributed by atoms with E-state index in [4.69, 9.17) is 5.63 Å². The molecule has 24 valence electrons. The summed E-state index contributed by atoms with van der Waals surface area (Å²) in [6.45, 7) is 0. The average molecular weight is 160 g/mol. The second-order valence-electron chi connectivity index (χ2n) is 0.0833. The zero-order valence-electron chi connectivity index (χ0n) is 1.72. The van der Waals surface area contributed by atoms with E-state index < -0.39 is 23.2 Å². The van der Waals surface area contributed by atoms with Crippen LogP contribution in [0.4, 0.5) is 0 Å². The fourth-order valence-corrected chi connectivity index (χ4v) is 0. The third-order valence-corrected chi connectivity index (χ3v) is 0. The van der Waals surface area contributed by atoms with E-state index >= 15 is 0 Å². The van der Waals surface area contributed by atoms with Gasteiger partial charge in [0.2, 0.25) is 0 Å².